The Kier molecular flexibility index (Phi) is 6.87. The van der Waals surface area contributed by atoms with Crippen molar-refractivity contribution in [1.29, 1.82) is 0 Å². The fourth-order valence-electron chi connectivity index (χ4n) is 3.26. The lowest BCUT2D eigenvalue weighted by molar-refractivity contribution is 0.102. The summed E-state index contributed by atoms with van der Waals surface area (Å²) < 4.78 is 13.2. The van der Waals surface area contributed by atoms with Crippen molar-refractivity contribution >= 4 is 17.5 Å². The van der Waals surface area contributed by atoms with Gasteiger partial charge in [0.25, 0.3) is 0 Å². The van der Waals surface area contributed by atoms with Gasteiger partial charge < -0.3 is 14.0 Å². The van der Waals surface area contributed by atoms with Gasteiger partial charge in [-0.15, -0.1) is 10.2 Å². The van der Waals surface area contributed by atoms with Gasteiger partial charge in [0.15, 0.2) is 16.8 Å². The molecule has 0 bridgehead atoms. The van der Waals surface area contributed by atoms with Crippen LogP contribution in [-0.2, 0) is 6.54 Å². The van der Waals surface area contributed by atoms with Gasteiger partial charge in [-0.25, -0.2) is 0 Å². The number of Topliss-reactive ketones (excluding diaryl/α,β-unsaturated/α-hetero) is 1. The second-order valence-electron chi connectivity index (χ2n) is 6.90. The fourth-order valence-corrected chi connectivity index (χ4v) is 4.15. The van der Waals surface area contributed by atoms with Crippen LogP contribution in [0.25, 0.3) is 11.4 Å². The first kappa shape index (κ1) is 21.6. The molecule has 1 heterocycles. The summed E-state index contributed by atoms with van der Waals surface area (Å²) >= 11 is 1.38. The van der Waals surface area contributed by atoms with E-state index in [1.54, 1.807) is 31.4 Å². The lowest BCUT2D eigenvalue weighted by Gasteiger charge is -2.10. The number of para-hydroxylation sites is 2. The molecule has 0 saturated carbocycles. The summed E-state index contributed by atoms with van der Waals surface area (Å²) in [5.74, 6) is 3.19. The number of hydrogen-bond donors (Lipinski definition) is 0. The van der Waals surface area contributed by atoms with Crippen molar-refractivity contribution in [2.45, 2.75) is 18.6 Å². The summed E-state index contributed by atoms with van der Waals surface area (Å²) in [5, 5.41) is 9.37. The van der Waals surface area contributed by atoms with E-state index >= 15 is 0 Å². The Balaban J connectivity index is 1.43. The first-order valence-corrected chi connectivity index (χ1v) is 11.2. The lowest BCUT2D eigenvalue weighted by atomic mass is 10.1. The molecule has 0 saturated heterocycles. The molecule has 4 rings (SSSR count). The third-order valence-electron chi connectivity index (χ3n) is 4.87. The van der Waals surface area contributed by atoms with Gasteiger partial charge in [-0.05, 0) is 55.5 Å². The Hall–Kier alpha value is -3.58. The van der Waals surface area contributed by atoms with E-state index < -0.39 is 0 Å². The number of carbonyl (C=O) groups is 1. The monoisotopic (exact) mass is 445 g/mol. The van der Waals surface area contributed by atoms with Crippen molar-refractivity contribution < 1.29 is 14.3 Å². The largest absolute Gasteiger partial charge is 0.496 e. The van der Waals surface area contributed by atoms with E-state index in [9.17, 15) is 4.79 Å². The number of rotatable bonds is 9. The Morgan fingerprint density at radius 1 is 0.906 bits per heavy atom. The zero-order valence-electron chi connectivity index (χ0n) is 17.9. The zero-order chi connectivity index (χ0) is 22.3. The maximum absolute atomic E-state index is 12.7. The predicted octanol–water partition coefficient (Wildman–Crippen LogP) is 5.74. The smallest absolute Gasteiger partial charge is 0.191 e. The number of nitrogens with zero attached hydrogens (tertiary/aromatic N) is 3. The minimum Gasteiger partial charge on any atom is -0.496 e. The van der Waals surface area contributed by atoms with Gasteiger partial charge in [0, 0.05) is 12.1 Å². The second kappa shape index (κ2) is 10.2. The molecular weight excluding hydrogens is 422 g/mol. The van der Waals surface area contributed by atoms with Gasteiger partial charge in [-0.1, -0.05) is 42.1 Å². The van der Waals surface area contributed by atoms with Crippen molar-refractivity contribution in [3.05, 3.63) is 84.4 Å². The van der Waals surface area contributed by atoms with Gasteiger partial charge in [-0.3, -0.25) is 4.79 Å². The van der Waals surface area contributed by atoms with E-state index in [1.165, 1.54) is 11.8 Å². The number of carbonyl (C=O) groups excluding carboxylic acids is 1. The van der Waals surface area contributed by atoms with Crippen LogP contribution in [-0.4, -0.2) is 33.4 Å². The molecule has 0 radical (unpaired) electrons. The van der Waals surface area contributed by atoms with Crippen molar-refractivity contribution in [3.63, 3.8) is 0 Å². The molecule has 162 valence electrons. The van der Waals surface area contributed by atoms with Crippen LogP contribution in [0.1, 0.15) is 17.3 Å². The highest BCUT2D eigenvalue weighted by atomic mass is 32.2. The molecule has 7 heteroatoms. The van der Waals surface area contributed by atoms with Gasteiger partial charge >= 0.3 is 0 Å². The Morgan fingerprint density at radius 2 is 1.59 bits per heavy atom. The van der Waals surface area contributed by atoms with Crippen molar-refractivity contribution in [3.8, 4) is 28.6 Å². The molecule has 0 spiro atoms. The van der Waals surface area contributed by atoms with Crippen LogP contribution in [0, 0.1) is 0 Å². The molecule has 0 aliphatic carbocycles. The van der Waals surface area contributed by atoms with Crippen LogP contribution >= 0.6 is 11.8 Å². The van der Waals surface area contributed by atoms with Crippen LogP contribution in [0.15, 0.2) is 84.0 Å². The predicted molar refractivity (Wildman–Crippen MR) is 126 cm³/mol. The van der Waals surface area contributed by atoms with E-state index in [4.69, 9.17) is 9.47 Å². The van der Waals surface area contributed by atoms with Crippen LogP contribution < -0.4 is 9.47 Å². The summed E-state index contributed by atoms with van der Waals surface area (Å²) in [6.07, 6.45) is 0. The summed E-state index contributed by atoms with van der Waals surface area (Å²) in [4.78, 5) is 12.7. The van der Waals surface area contributed by atoms with E-state index in [2.05, 4.69) is 10.2 Å². The SMILES string of the molecule is CCn1c(SCC(=O)c2ccc(Oc3ccccc3)cc2)nnc1-c1ccccc1OC. The first-order valence-electron chi connectivity index (χ1n) is 10.2. The standard InChI is InChI=1S/C25H23N3O3S/c1-3-28-24(21-11-7-8-12-23(21)30-2)26-27-25(28)32-17-22(29)18-13-15-20(16-14-18)31-19-9-5-4-6-10-19/h4-16H,3,17H2,1-2H3. The van der Waals surface area contributed by atoms with Crippen LogP contribution in [0.5, 0.6) is 17.2 Å². The van der Waals surface area contributed by atoms with Gasteiger partial charge in [0.05, 0.1) is 18.4 Å². The minimum absolute atomic E-state index is 0.0192. The molecular formula is C25H23N3O3S. The average Bonchev–Trinajstić information content (AvgIpc) is 3.26. The summed E-state index contributed by atoms with van der Waals surface area (Å²) in [6.45, 7) is 2.71. The molecule has 0 unspecified atom stereocenters. The molecule has 0 N–H and O–H groups in total. The Morgan fingerprint density at radius 3 is 2.31 bits per heavy atom. The summed E-state index contributed by atoms with van der Waals surface area (Å²) in [6, 6.07) is 24.4. The molecule has 32 heavy (non-hydrogen) atoms. The first-order chi connectivity index (χ1) is 15.7. The maximum Gasteiger partial charge on any atom is 0.191 e. The third kappa shape index (κ3) is 4.84. The molecule has 4 aromatic rings. The van der Waals surface area contributed by atoms with Crippen molar-refractivity contribution in [2.75, 3.05) is 12.9 Å². The second-order valence-corrected chi connectivity index (χ2v) is 7.84. The van der Waals surface area contributed by atoms with E-state index in [-0.39, 0.29) is 11.5 Å². The van der Waals surface area contributed by atoms with Gasteiger partial charge in [-0.2, -0.15) is 0 Å². The van der Waals surface area contributed by atoms with Crippen molar-refractivity contribution in [2.24, 2.45) is 0 Å². The van der Waals surface area contributed by atoms with Crippen LogP contribution in [0.2, 0.25) is 0 Å². The van der Waals surface area contributed by atoms with E-state index in [0.29, 0.717) is 23.0 Å². The Labute approximate surface area is 191 Å². The Bertz CT molecular complexity index is 1190. The van der Waals surface area contributed by atoms with Gasteiger partial charge in [0.1, 0.15) is 17.2 Å². The minimum atomic E-state index is 0.0192. The molecule has 6 nitrogen and oxygen atoms in total. The molecule has 3 aromatic carbocycles. The topological polar surface area (TPSA) is 66.2 Å². The van der Waals surface area contributed by atoms with Crippen molar-refractivity contribution in [1.82, 2.24) is 14.8 Å². The molecule has 0 atom stereocenters. The molecule has 0 aliphatic rings. The number of hydrogen-bond acceptors (Lipinski definition) is 6. The summed E-state index contributed by atoms with van der Waals surface area (Å²) in [7, 11) is 1.63. The highest BCUT2D eigenvalue weighted by molar-refractivity contribution is 7.99. The quantitative estimate of drug-likeness (QED) is 0.242. The average molecular weight is 446 g/mol. The number of benzene rings is 3. The third-order valence-corrected chi connectivity index (χ3v) is 5.84. The van der Waals surface area contributed by atoms with E-state index in [0.717, 1.165) is 22.9 Å². The molecule has 0 fully saturated rings. The number of ether oxygens (including phenoxy) is 2. The maximum atomic E-state index is 12.7. The number of methoxy groups -OCH3 is 1. The van der Waals surface area contributed by atoms with E-state index in [1.807, 2.05) is 66.1 Å². The normalized spacial score (nSPS) is 10.7. The van der Waals surface area contributed by atoms with Crippen LogP contribution in [0.4, 0.5) is 0 Å². The molecule has 0 aliphatic heterocycles. The fraction of sp³-hybridized carbons (Fsp3) is 0.160. The zero-order valence-corrected chi connectivity index (χ0v) is 18.7. The number of thioether (sulfide) groups is 1. The molecule has 1 aromatic heterocycles. The lowest BCUT2D eigenvalue weighted by Crippen LogP contribution is -2.05. The molecule has 0 amide bonds. The van der Waals surface area contributed by atoms with Crippen LogP contribution in [0.3, 0.4) is 0 Å². The number of aromatic nitrogens is 3. The highest BCUT2D eigenvalue weighted by Gasteiger charge is 2.17. The van der Waals surface area contributed by atoms with Gasteiger partial charge in [0.2, 0.25) is 0 Å². The highest BCUT2D eigenvalue weighted by Crippen LogP contribution is 2.31. The summed E-state index contributed by atoms with van der Waals surface area (Å²) in [5.41, 5.74) is 1.50. The number of ketones is 1.